The second-order valence-corrected chi connectivity index (χ2v) is 5.07. The monoisotopic (exact) mass is 352 g/mol. The average molecular weight is 353 g/mol. The molecule has 0 aliphatic carbocycles. The van der Waals surface area contributed by atoms with Crippen LogP contribution in [0.15, 0.2) is 18.2 Å². The van der Waals surface area contributed by atoms with Crippen LogP contribution >= 0.6 is 34.2 Å². The molecule has 86 valence electrons. The van der Waals surface area contributed by atoms with Gasteiger partial charge in [-0.25, -0.2) is 0 Å². The highest BCUT2D eigenvalue weighted by molar-refractivity contribution is 14.1. The number of carboxylic acids is 1. The summed E-state index contributed by atoms with van der Waals surface area (Å²) in [7, 11) is 0. The van der Waals surface area contributed by atoms with Crippen LogP contribution in [-0.4, -0.2) is 16.9 Å². The highest BCUT2D eigenvalue weighted by Gasteiger charge is 2.18. The highest BCUT2D eigenvalue weighted by Crippen LogP contribution is 2.27. The first kappa shape index (κ1) is 13.4. The number of hydrogen-bond acceptors (Lipinski definition) is 2. The molecule has 1 N–H and O–H groups in total. The van der Waals surface area contributed by atoms with E-state index in [0.717, 1.165) is 3.57 Å². The molecule has 1 aromatic rings. The van der Waals surface area contributed by atoms with Crippen molar-refractivity contribution in [3.05, 3.63) is 32.9 Å². The Morgan fingerprint density at radius 3 is 2.62 bits per heavy atom. The molecule has 0 heterocycles. The van der Waals surface area contributed by atoms with Crippen molar-refractivity contribution in [2.24, 2.45) is 0 Å². The lowest BCUT2D eigenvalue weighted by Gasteiger charge is -2.11. The maximum atomic E-state index is 11.2. The molecule has 0 amide bonds. The Morgan fingerprint density at radius 2 is 2.12 bits per heavy atom. The molecule has 3 nitrogen and oxygen atoms in total. The summed E-state index contributed by atoms with van der Waals surface area (Å²) in [6, 6.07) is 5.24. The van der Waals surface area contributed by atoms with E-state index in [1.165, 1.54) is 6.92 Å². The van der Waals surface area contributed by atoms with Gasteiger partial charge in [0.1, 0.15) is 5.38 Å². The van der Waals surface area contributed by atoms with Gasteiger partial charge in [0.15, 0.2) is 5.78 Å². The molecular weight excluding hydrogens is 342 g/mol. The quantitative estimate of drug-likeness (QED) is 0.670. The lowest BCUT2D eigenvalue weighted by Crippen LogP contribution is -2.09. The van der Waals surface area contributed by atoms with Crippen molar-refractivity contribution in [2.75, 3.05) is 0 Å². The van der Waals surface area contributed by atoms with Crippen LogP contribution in [0.1, 0.15) is 23.4 Å². The molecule has 0 aliphatic rings. The Balaban J connectivity index is 3.17. The average Bonchev–Trinajstić information content (AvgIpc) is 2.18. The summed E-state index contributed by atoms with van der Waals surface area (Å²) in [5.41, 5.74) is 1.17. The van der Waals surface area contributed by atoms with E-state index in [-0.39, 0.29) is 12.2 Å². The number of ketones is 1. The van der Waals surface area contributed by atoms with Gasteiger partial charge in [0.2, 0.25) is 0 Å². The van der Waals surface area contributed by atoms with Gasteiger partial charge in [-0.05, 0) is 52.8 Å². The van der Waals surface area contributed by atoms with Gasteiger partial charge in [-0.2, -0.15) is 0 Å². The predicted molar refractivity (Wildman–Crippen MR) is 69.8 cm³/mol. The van der Waals surface area contributed by atoms with Crippen LogP contribution < -0.4 is 0 Å². The third-order valence-corrected chi connectivity index (χ3v) is 3.29. The number of carbonyl (C=O) groups excluding carboxylic acids is 1. The Bertz CT molecular complexity index is 431. The largest absolute Gasteiger partial charge is 0.481 e. The number of aliphatic carboxylic acids is 1. The van der Waals surface area contributed by atoms with Crippen molar-refractivity contribution in [3.8, 4) is 0 Å². The fourth-order valence-corrected chi connectivity index (χ4v) is 2.06. The molecule has 0 aromatic heterocycles. The standard InChI is InChI=1S/C11H10ClIO3/c1-6(14)11(12)9-5-8(13)3-2-7(9)4-10(15)16/h2-3,5,11H,4H2,1H3,(H,15,16). The molecule has 1 aromatic carbocycles. The van der Waals surface area contributed by atoms with Crippen LogP contribution in [0.25, 0.3) is 0 Å². The summed E-state index contributed by atoms with van der Waals surface area (Å²) in [5.74, 6) is -1.12. The van der Waals surface area contributed by atoms with Gasteiger partial charge in [-0.15, -0.1) is 11.6 Å². The molecule has 0 bridgehead atoms. The van der Waals surface area contributed by atoms with Gasteiger partial charge in [0, 0.05) is 3.57 Å². The first-order valence-electron chi connectivity index (χ1n) is 4.56. The molecule has 1 unspecified atom stereocenters. The second-order valence-electron chi connectivity index (χ2n) is 3.39. The fourth-order valence-electron chi connectivity index (χ4n) is 1.34. The van der Waals surface area contributed by atoms with Crippen LogP contribution in [0.2, 0.25) is 0 Å². The maximum Gasteiger partial charge on any atom is 0.307 e. The van der Waals surface area contributed by atoms with Crippen molar-refractivity contribution in [3.63, 3.8) is 0 Å². The van der Waals surface area contributed by atoms with Crippen molar-refractivity contribution in [1.82, 2.24) is 0 Å². The van der Waals surface area contributed by atoms with E-state index < -0.39 is 11.3 Å². The van der Waals surface area contributed by atoms with Crippen molar-refractivity contribution in [2.45, 2.75) is 18.7 Å². The van der Waals surface area contributed by atoms with E-state index in [1.807, 2.05) is 0 Å². The van der Waals surface area contributed by atoms with Gasteiger partial charge < -0.3 is 5.11 Å². The van der Waals surface area contributed by atoms with Crippen LogP contribution in [0.4, 0.5) is 0 Å². The summed E-state index contributed by atoms with van der Waals surface area (Å²) in [4.78, 5) is 21.9. The molecule has 1 rings (SSSR count). The molecule has 0 spiro atoms. The van der Waals surface area contributed by atoms with E-state index in [9.17, 15) is 9.59 Å². The minimum Gasteiger partial charge on any atom is -0.481 e. The van der Waals surface area contributed by atoms with Crippen molar-refractivity contribution in [1.29, 1.82) is 0 Å². The molecule has 1 atom stereocenters. The second kappa shape index (κ2) is 5.63. The topological polar surface area (TPSA) is 54.4 Å². The first-order chi connectivity index (χ1) is 7.41. The van der Waals surface area contributed by atoms with Crippen LogP contribution in [-0.2, 0) is 16.0 Å². The van der Waals surface area contributed by atoms with Crippen LogP contribution in [0, 0.1) is 3.57 Å². The minimum absolute atomic E-state index is 0.122. The third-order valence-electron chi connectivity index (χ3n) is 2.08. The van der Waals surface area contributed by atoms with Gasteiger partial charge in [-0.3, -0.25) is 9.59 Å². The smallest absolute Gasteiger partial charge is 0.307 e. The van der Waals surface area contributed by atoms with E-state index in [4.69, 9.17) is 16.7 Å². The zero-order valence-electron chi connectivity index (χ0n) is 8.54. The number of benzene rings is 1. The third kappa shape index (κ3) is 3.45. The minimum atomic E-state index is -0.935. The van der Waals surface area contributed by atoms with Gasteiger partial charge in [0.25, 0.3) is 0 Å². The van der Waals surface area contributed by atoms with Gasteiger partial charge in [0.05, 0.1) is 6.42 Å². The van der Waals surface area contributed by atoms with Gasteiger partial charge in [-0.1, -0.05) is 6.07 Å². The number of carboxylic acid groups (broad SMARTS) is 1. The number of alkyl halides is 1. The predicted octanol–water partition coefficient (Wildman–Crippen LogP) is 2.79. The molecule has 5 heteroatoms. The Kier molecular flexibility index (Phi) is 4.73. The fraction of sp³-hybridized carbons (Fsp3) is 0.273. The number of hydrogen-bond donors (Lipinski definition) is 1. The van der Waals surface area contributed by atoms with Crippen LogP contribution in [0.5, 0.6) is 0 Å². The van der Waals surface area contributed by atoms with Crippen LogP contribution in [0.3, 0.4) is 0 Å². The van der Waals surface area contributed by atoms with E-state index >= 15 is 0 Å². The van der Waals surface area contributed by atoms with Crippen molar-refractivity contribution < 1.29 is 14.7 Å². The molecule has 0 fully saturated rings. The summed E-state index contributed by atoms with van der Waals surface area (Å²) >= 11 is 8.05. The summed E-state index contributed by atoms with van der Waals surface area (Å²) < 4.78 is 0.925. The molecule has 0 saturated heterocycles. The zero-order chi connectivity index (χ0) is 12.3. The number of carbonyl (C=O) groups is 2. The van der Waals surface area contributed by atoms with Crippen molar-refractivity contribution >= 4 is 45.9 Å². The number of rotatable bonds is 4. The Hall–Kier alpha value is -0.620. The molecule has 0 aliphatic heterocycles. The first-order valence-corrected chi connectivity index (χ1v) is 6.08. The summed E-state index contributed by atoms with van der Waals surface area (Å²) in [6.45, 7) is 1.39. The van der Waals surface area contributed by atoms with E-state index in [2.05, 4.69) is 22.6 Å². The Labute approximate surface area is 112 Å². The molecule has 0 radical (unpaired) electrons. The van der Waals surface area contributed by atoms with E-state index in [1.54, 1.807) is 18.2 Å². The molecule has 0 saturated carbocycles. The molecule has 16 heavy (non-hydrogen) atoms. The molecular formula is C11H10ClIO3. The lowest BCUT2D eigenvalue weighted by atomic mass is 10.00. The zero-order valence-corrected chi connectivity index (χ0v) is 11.4. The normalized spacial score (nSPS) is 12.2. The highest BCUT2D eigenvalue weighted by atomic mass is 127. The number of halogens is 2. The van der Waals surface area contributed by atoms with Gasteiger partial charge >= 0.3 is 5.97 Å². The Morgan fingerprint density at radius 1 is 1.50 bits per heavy atom. The SMILES string of the molecule is CC(=O)C(Cl)c1cc(I)ccc1CC(=O)O. The number of Topliss-reactive ketones (excluding diaryl/α,β-unsaturated/α-hetero) is 1. The summed E-state index contributed by atoms with van der Waals surface area (Å²) in [5, 5.41) is 7.98. The summed E-state index contributed by atoms with van der Waals surface area (Å²) in [6.07, 6.45) is -0.122. The lowest BCUT2D eigenvalue weighted by molar-refractivity contribution is -0.136. The van der Waals surface area contributed by atoms with E-state index in [0.29, 0.717) is 11.1 Å². The maximum absolute atomic E-state index is 11.2.